The first kappa shape index (κ1) is 18.3. The molecule has 0 fully saturated rings. The van der Waals surface area contributed by atoms with Gasteiger partial charge in [0.15, 0.2) is 0 Å². The predicted octanol–water partition coefficient (Wildman–Crippen LogP) is 6.78. The van der Waals surface area contributed by atoms with Gasteiger partial charge in [0.05, 0.1) is 10.4 Å². The highest BCUT2D eigenvalue weighted by atomic mass is 32.2. The first-order chi connectivity index (χ1) is 13.9. The maximum atomic E-state index is 4.42. The number of pyridine rings is 1. The molecule has 4 aromatic rings. The Labute approximate surface area is 170 Å². The molecule has 0 unspecified atom stereocenters. The Morgan fingerprint density at radius 2 is 1.04 bits per heavy atom. The average Bonchev–Trinajstić information content (AvgIpc) is 2.79. The molecule has 0 spiro atoms. The molecule has 3 aromatic carbocycles. The Bertz CT molecular complexity index is 916. The van der Waals surface area contributed by atoms with E-state index in [0.29, 0.717) is 0 Å². The van der Waals surface area contributed by atoms with Crippen LogP contribution >= 0.6 is 11.8 Å². The third-order valence-electron chi connectivity index (χ3n) is 4.71. The van der Waals surface area contributed by atoms with Crippen molar-refractivity contribution in [3.8, 4) is 0 Å². The molecule has 1 aromatic heterocycles. The first-order valence-corrected chi connectivity index (χ1v) is 10.2. The lowest BCUT2D eigenvalue weighted by Crippen LogP contribution is -2.24. The molecule has 0 aliphatic heterocycles. The summed E-state index contributed by atoms with van der Waals surface area (Å²) < 4.78 is -0.338. The molecule has 0 aliphatic rings. The van der Waals surface area contributed by atoms with Gasteiger partial charge in [-0.1, -0.05) is 97.1 Å². The number of rotatable bonds is 6. The molecule has 0 saturated heterocycles. The van der Waals surface area contributed by atoms with Crippen molar-refractivity contribution in [3.63, 3.8) is 0 Å². The Balaban J connectivity index is 1.87. The fourth-order valence-electron chi connectivity index (χ4n) is 3.40. The van der Waals surface area contributed by atoms with Crippen LogP contribution in [0.1, 0.15) is 22.4 Å². The summed E-state index contributed by atoms with van der Waals surface area (Å²) >= 11 is 1.80. The number of thioether (sulfide) groups is 1. The quantitative estimate of drug-likeness (QED) is 0.343. The number of nitrogens with zero attached hydrogens (tertiary/aromatic N) is 1. The van der Waals surface area contributed by atoms with Crippen LogP contribution in [-0.4, -0.2) is 4.98 Å². The molecule has 0 bridgehead atoms. The molecule has 0 amide bonds. The van der Waals surface area contributed by atoms with Gasteiger partial charge in [0.2, 0.25) is 0 Å². The van der Waals surface area contributed by atoms with E-state index < -0.39 is 0 Å². The molecule has 0 aliphatic carbocycles. The van der Waals surface area contributed by atoms with Crippen LogP contribution in [0.15, 0.2) is 121 Å². The fourth-order valence-corrected chi connectivity index (χ4v) is 4.63. The minimum Gasteiger partial charge on any atom is -0.257 e. The molecule has 0 saturated carbocycles. The predicted molar refractivity (Wildman–Crippen MR) is 120 cm³/mol. The number of hydrogen-bond acceptors (Lipinski definition) is 2. The molecule has 0 radical (unpaired) electrons. The smallest absolute Gasteiger partial charge is 0.0948 e. The Morgan fingerprint density at radius 1 is 0.571 bits per heavy atom. The summed E-state index contributed by atoms with van der Waals surface area (Å²) in [5, 5.41) is 2.16. The molecule has 0 atom stereocenters. The maximum Gasteiger partial charge on any atom is 0.0948 e. The fraction of sp³-hybridized carbons (Fsp3) is 0.0385. The van der Waals surface area contributed by atoms with Crippen LogP contribution in [0.4, 0.5) is 0 Å². The lowest BCUT2D eigenvalue weighted by molar-refractivity contribution is 0.900. The number of benzene rings is 3. The summed E-state index contributed by atoms with van der Waals surface area (Å²) in [5.41, 5.74) is 4.72. The lowest BCUT2D eigenvalue weighted by atomic mass is 9.84. The second kappa shape index (κ2) is 8.73. The van der Waals surface area contributed by atoms with E-state index in [1.807, 2.05) is 24.4 Å². The lowest BCUT2D eigenvalue weighted by Gasteiger charge is -2.34. The van der Waals surface area contributed by atoms with Gasteiger partial charge in [-0.25, -0.2) is 0 Å². The molecule has 28 heavy (non-hydrogen) atoms. The van der Waals surface area contributed by atoms with E-state index in [0.717, 1.165) is 5.69 Å². The SMILES string of the molecule is C(=C/c1ccccn1)/SC(c1ccccc1)(c1ccccc1)c1ccccc1. The normalized spacial score (nSPS) is 11.6. The van der Waals surface area contributed by atoms with Crippen molar-refractivity contribution >= 4 is 17.8 Å². The zero-order valence-electron chi connectivity index (χ0n) is 15.5. The van der Waals surface area contributed by atoms with Gasteiger partial charge in [-0.05, 0) is 40.3 Å². The van der Waals surface area contributed by atoms with Gasteiger partial charge >= 0.3 is 0 Å². The molecular formula is C26H21NS. The second-order valence-corrected chi connectivity index (χ2v) is 7.57. The highest BCUT2D eigenvalue weighted by Crippen LogP contribution is 2.49. The van der Waals surface area contributed by atoms with E-state index in [-0.39, 0.29) is 4.75 Å². The molecule has 1 heterocycles. The topological polar surface area (TPSA) is 12.9 Å². The molecule has 1 nitrogen and oxygen atoms in total. The van der Waals surface area contributed by atoms with E-state index in [1.54, 1.807) is 11.8 Å². The summed E-state index contributed by atoms with van der Waals surface area (Å²) in [6.45, 7) is 0. The van der Waals surface area contributed by atoms with Gasteiger partial charge in [-0.2, -0.15) is 0 Å². The minimum atomic E-state index is -0.338. The molecule has 2 heteroatoms. The largest absolute Gasteiger partial charge is 0.257 e. The second-order valence-electron chi connectivity index (χ2n) is 6.45. The van der Waals surface area contributed by atoms with Gasteiger partial charge in [-0.15, -0.1) is 11.8 Å². The summed E-state index contributed by atoms with van der Waals surface area (Å²) in [4.78, 5) is 4.42. The van der Waals surface area contributed by atoms with E-state index in [2.05, 4.69) is 107 Å². The standard InChI is InChI=1S/C26H21NS/c1-4-12-22(13-5-1)26(23-14-6-2-7-15-23,24-16-8-3-9-17-24)28-21-19-25-18-10-11-20-27-25/h1-21H/b21-19-. The van der Waals surface area contributed by atoms with Crippen LogP contribution in [0.25, 0.3) is 6.08 Å². The molecule has 0 N–H and O–H groups in total. The molecular weight excluding hydrogens is 358 g/mol. The van der Waals surface area contributed by atoms with Crippen LogP contribution < -0.4 is 0 Å². The number of aromatic nitrogens is 1. The van der Waals surface area contributed by atoms with E-state index in [4.69, 9.17) is 0 Å². The number of hydrogen-bond donors (Lipinski definition) is 0. The Hall–Kier alpha value is -3.10. The first-order valence-electron chi connectivity index (χ1n) is 9.31. The monoisotopic (exact) mass is 379 g/mol. The summed E-state index contributed by atoms with van der Waals surface area (Å²) in [6, 6.07) is 38.1. The highest BCUT2D eigenvalue weighted by molar-refractivity contribution is 8.03. The van der Waals surface area contributed by atoms with Crippen LogP contribution in [0.5, 0.6) is 0 Å². The highest BCUT2D eigenvalue weighted by Gasteiger charge is 2.36. The summed E-state index contributed by atoms with van der Waals surface area (Å²) in [6.07, 6.45) is 3.90. The van der Waals surface area contributed by atoms with E-state index in [9.17, 15) is 0 Å². The minimum absolute atomic E-state index is 0.338. The summed E-state index contributed by atoms with van der Waals surface area (Å²) in [7, 11) is 0. The van der Waals surface area contributed by atoms with Gasteiger partial charge in [-0.3, -0.25) is 4.98 Å². The van der Waals surface area contributed by atoms with Gasteiger partial charge in [0, 0.05) is 6.20 Å². The van der Waals surface area contributed by atoms with Crippen LogP contribution in [-0.2, 0) is 4.75 Å². The van der Waals surface area contributed by atoms with Crippen molar-refractivity contribution < 1.29 is 0 Å². The van der Waals surface area contributed by atoms with Crippen molar-refractivity contribution in [2.75, 3.05) is 0 Å². The van der Waals surface area contributed by atoms with Crippen molar-refractivity contribution in [3.05, 3.63) is 143 Å². The van der Waals surface area contributed by atoms with Gasteiger partial charge in [0.1, 0.15) is 0 Å². The van der Waals surface area contributed by atoms with Gasteiger partial charge < -0.3 is 0 Å². The third kappa shape index (κ3) is 3.78. The summed E-state index contributed by atoms with van der Waals surface area (Å²) in [5.74, 6) is 0. The van der Waals surface area contributed by atoms with Gasteiger partial charge in [0.25, 0.3) is 0 Å². The van der Waals surface area contributed by atoms with Crippen molar-refractivity contribution in [2.45, 2.75) is 4.75 Å². The zero-order chi connectivity index (χ0) is 19.1. The molecule has 136 valence electrons. The van der Waals surface area contributed by atoms with E-state index >= 15 is 0 Å². The maximum absolute atomic E-state index is 4.42. The van der Waals surface area contributed by atoms with Crippen molar-refractivity contribution in [1.82, 2.24) is 4.98 Å². The van der Waals surface area contributed by atoms with Crippen LogP contribution in [0.3, 0.4) is 0 Å². The van der Waals surface area contributed by atoms with Crippen LogP contribution in [0, 0.1) is 0 Å². The van der Waals surface area contributed by atoms with Crippen LogP contribution in [0.2, 0.25) is 0 Å². The third-order valence-corrected chi connectivity index (χ3v) is 6.05. The Kier molecular flexibility index (Phi) is 5.69. The Morgan fingerprint density at radius 3 is 1.46 bits per heavy atom. The van der Waals surface area contributed by atoms with Crippen molar-refractivity contribution in [2.24, 2.45) is 0 Å². The molecule has 4 rings (SSSR count). The zero-order valence-corrected chi connectivity index (χ0v) is 16.3. The van der Waals surface area contributed by atoms with E-state index in [1.165, 1.54) is 16.7 Å². The van der Waals surface area contributed by atoms with Crippen molar-refractivity contribution in [1.29, 1.82) is 0 Å². The average molecular weight is 380 g/mol.